The number of carbonyl (C=O) groups is 1. The molecule has 0 aromatic carbocycles. The molecule has 2 aromatic heterocycles. The molecule has 0 bridgehead atoms. The summed E-state index contributed by atoms with van der Waals surface area (Å²) in [4.78, 5) is 14.4. The first-order valence-electron chi connectivity index (χ1n) is 7.25. The molecule has 124 valence electrons. The highest BCUT2D eigenvalue weighted by Gasteiger charge is 2.33. The number of sulfonamides is 1. The molecular weight excluding hydrogens is 320 g/mol. The summed E-state index contributed by atoms with van der Waals surface area (Å²) in [5, 5.41) is 3.88. The monoisotopic (exact) mass is 338 g/mol. The average Bonchev–Trinajstić information content (AvgIpc) is 3.26. The molecule has 1 aliphatic rings. The van der Waals surface area contributed by atoms with Gasteiger partial charge in [0.2, 0.25) is 5.09 Å². The van der Waals surface area contributed by atoms with E-state index in [4.69, 9.17) is 4.42 Å². The summed E-state index contributed by atoms with van der Waals surface area (Å²) in [5.74, 6) is -0.288. The molecule has 3 rings (SSSR count). The average molecular weight is 338 g/mol. The Hall–Kier alpha value is -2.13. The number of aryl methyl sites for hydroxylation is 1. The molecule has 2 aromatic rings. The zero-order valence-corrected chi connectivity index (χ0v) is 13.7. The molecule has 1 atom stereocenters. The predicted octanol–water partition coefficient (Wildman–Crippen LogP) is 0.898. The van der Waals surface area contributed by atoms with Crippen LogP contribution in [0.3, 0.4) is 0 Å². The third-order valence-corrected chi connectivity index (χ3v) is 5.24. The molecule has 8 nitrogen and oxygen atoms in total. The van der Waals surface area contributed by atoms with Gasteiger partial charge in [0, 0.05) is 25.4 Å². The van der Waals surface area contributed by atoms with Gasteiger partial charge in [0.1, 0.15) is 0 Å². The summed E-state index contributed by atoms with van der Waals surface area (Å²) in [6, 6.07) is 2.62. The van der Waals surface area contributed by atoms with Crippen LogP contribution in [0.2, 0.25) is 0 Å². The van der Waals surface area contributed by atoms with E-state index < -0.39 is 10.0 Å². The first-order chi connectivity index (χ1) is 10.9. The fourth-order valence-corrected chi connectivity index (χ4v) is 3.44. The molecule has 0 spiro atoms. The van der Waals surface area contributed by atoms with Crippen molar-refractivity contribution in [3.05, 3.63) is 35.9 Å². The number of amides is 1. The van der Waals surface area contributed by atoms with Gasteiger partial charge >= 0.3 is 0 Å². The second-order valence-corrected chi connectivity index (χ2v) is 7.25. The Morgan fingerprint density at radius 1 is 1.43 bits per heavy atom. The van der Waals surface area contributed by atoms with E-state index in [-0.39, 0.29) is 22.8 Å². The van der Waals surface area contributed by atoms with E-state index in [1.165, 1.54) is 19.2 Å². The van der Waals surface area contributed by atoms with E-state index in [0.29, 0.717) is 6.54 Å². The van der Waals surface area contributed by atoms with Crippen LogP contribution in [0, 0.1) is 0 Å². The third kappa shape index (κ3) is 2.89. The molecular formula is C14H18N4O4S. The van der Waals surface area contributed by atoms with Crippen molar-refractivity contribution >= 4 is 15.9 Å². The number of likely N-dealkylation sites (tertiary alicyclic amines) is 1. The van der Waals surface area contributed by atoms with Crippen molar-refractivity contribution in [2.75, 3.05) is 13.6 Å². The Morgan fingerprint density at radius 2 is 2.22 bits per heavy atom. The van der Waals surface area contributed by atoms with Crippen molar-refractivity contribution in [2.45, 2.75) is 24.0 Å². The minimum Gasteiger partial charge on any atom is -0.438 e. The van der Waals surface area contributed by atoms with E-state index in [0.717, 1.165) is 18.4 Å². The summed E-state index contributed by atoms with van der Waals surface area (Å²) in [6.45, 7) is 0.604. The van der Waals surface area contributed by atoms with Gasteiger partial charge in [-0.3, -0.25) is 9.48 Å². The summed E-state index contributed by atoms with van der Waals surface area (Å²) in [5.41, 5.74) is 0.966. The molecule has 0 radical (unpaired) electrons. The van der Waals surface area contributed by atoms with Gasteiger partial charge in [0.05, 0.1) is 12.2 Å². The third-order valence-electron chi connectivity index (χ3n) is 3.95. The Balaban J connectivity index is 1.85. The molecule has 1 fully saturated rings. The van der Waals surface area contributed by atoms with Crippen LogP contribution in [0.5, 0.6) is 0 Å². The van der Waals surface area contributed by atoms with Gasteiger partial charge in [-0.05, 0) is 32.0 Å². The lowest BCUT2D eigenvalue weighted by Crippen LogP contribution is -2.30. The first kappa shape index (κ1) is 15.8. The summed E-state index contributed by atoms with van der Waals surface area (Å²) in [6.07, 6.45) is 5.36. The topological polar surface area (TPSA) is 97.4 Å². The molecule has 1 saturated heterocycles. The fraction of sp³-hybridized carbons (Fsp3) is 0.429. The Kier molecular flexibility index (Phi) is 3.99. The van der Waals surface area contributed by atoms with Crippen LogP contribution in [0.15, 0.2) is 34.0 Å². The van der Waals surface area contributed by atoms with Crippen molar-refractivity contribution in [1.29, 1.82) is 0 Å². The van der Waals surface area contributed by atoms with Crippen LogP contribution in [-0.4, -0.2) is 42.6 Å². The molecule has 3 heterocycles. The van der Waals surface area contributed by atoms with Crippen LogP contribution in [0.1, 0.15) is 35.0 Å². The lowest BCUT2D eigenvalue weighted by molar-refractivity contribution is 0.0697. The number of hydrogen-bond acceptors (Lipinski definition) is 5. The molecule has 0 saturated carbocycles. The summed E-state index contributed by atoms with van der Waals surface area (Å²) in [7, 11) is -0.582. The maximum Gasteiger partial charge on any atom is 0.290 e. The fourth-order valence-electron chi connectivity index (χ4n) is 2.79. The minimum absolute atomic E-state index is 0.0228. The number of aromatic nitrogens is 2. The number of nitrogens with one attached hydrogen (secondary N) is 1. The van der Waals surface area contributed by atoms with E-state index >= 15 is 0 Å². The molecule has 9 heteroatoms. The lowest BCUT2D eigenvalue weighted by Gasteiger charge is -2.22. The number of nitrogens with zero attached hydrogens (tertiary/aromatic N) is 3. The SMILES string of the molecule is CNS(=O)(=O)c1ccc(C(=O)N2CCC[C@@H]2c2cnn(C)c2)o1. The van der Waals surface area contributed by atoms with Crippen molar-refractivity contribution in [3.63, 3.8) is 0 Å². The van der Waals surface area contributed by atoms with Crippen LogP contribution in [0.4, 0.5) is 0 Å². The minimum atomic E-state index is -3.70. The highest BCUT2D eigenvalue weighted by atomic mass is 32.2. The number of rotatable bonds is 4. The summed E-state index contributed by atoms with van der Waals surface area (Å²) >= 11 is 0. The highest BCUT2D eigenvalue weighted by molar-refractivity contribution is 7.89. The second kappa shape index (κ2) is 5.82. The van der Waals surface area contributed by atoms with Gasteiger partial charge < -0.3 is 9.32 Å². The standard InChI is InChI=1S/C14H18N4O4S/c1-15-23(20,21)13-6-5-12(22-13)14(19)18-7-3-4-11(18)10-8-16-17(2)9-10/h5-6,8-9,11,15H,3-4,7H2,1-2H3/t11-/m1/s1. The Morgan fingerprint density at radius 3 is 2.87 bits per heavy atom. The van der Waals surface area contributed by atoms with E-state index in [2.05, 4.69) is 9.82 Å². The van der Waals surface area contributed by atoms with Gasteiger partial charge in [-0.15, -0.1) is 0 Å². The maximum atomic E-state index is 12.7. The Labute approximate surface area is 134 Å². The quantitative estimate of drug-likeness (QED) is 0.893. The van der Waals surface area contributed by atoms with Gasteiger partial charge in [-0.25, -0.2) is 13.1 Å². The van der Waals surface area contributed by atoms with Crippen molar-refractivity contribution in [3.8, 4) is 0 Å². The predicted molar refractivity (Wildman–Crippen MR) is 81.2 cm³/mol. The molecule has 23 heavy (non-hydrogen) atoms. The zero-order chi connectivity index (χ0) is 16.6. The van der Waals surface area contributed by atoms with Gasteiger partial charge in [0.25, 0.3) is 15.9 Å². The van der Waals surface area contributed by atoms with Crippen LogP contribution >= 0.6 is 0 Å². The molecule has 0 aliphatic carbocycles. The van der Waals surface area contributed by atoms with Gasteiger partial charge in [-0.1, -0.05) is 0 Å². The van der Waals surface area contributed by atoms with Crippen LogP contribution in [-0.2, 0) is 17.1 Å². The van der Waals surface area contributed by atoms with E-state index in [1.807, 2.05) is 13.2 Å². The zero-order valence-electron chi connectivity index (χ0n) is 12.9. The normalized spacial score (nSPS) is 18.5. The van der Waals surface area contributed by atoms with Crippen LogP contribution in [0.25, 0.3) is 0 Å². The smallest absolute Gasteiger partial charge is 0.290 e. The van der Waals surface area contributed by atoms with Gasteiger partial charge in [-0.2, -0.15) is 5.10 Å². The molecule has 1 amide bonds. The molecule has 1 N–H and O–H groups in total. The van der Waals surface area contributed by atoms with E-state index in [9.17, 15) is 13.2 Å². The number of furan rings is 1. The van der Waals surface area contributed by atoms with Crippen molar-refractivity contribution < 1.29 is 17.6 Å². The van der Waals surface area contributed by atoms with Crippen molar-refractivity contribution in [1.82, 2.24) is 19.4 Å². The van der Waals surface area contributed by atoms with Crippen molar-refractivity contribution in [2.24, 2.45) is 7.05 Å². The van der Waals surface area contributed by atoms with Crippen LogP contribution < -0.4 is 4.72 Å². The van der Waals surface area contributed by atoms with Gasteiger partial charge in [0.15, 0.2) is 5.76 Å². The largest absolute Gasteiger partial charge is 0.438 e. The van der Waals surface area contributed by atoms with E-state index in [1.54, 1.807) is 15.8 Å². The number of carbonyl (C=O) groups excluding carboxylic acids is 1. The Bertz CT molecular complexity index is 823. The molecule has 1 aliphatic heterocycles. The molecule has 0 unspecified atom stereocenters. The number of hydrogen-bond donors (Lipinski definition) is 1. The summed E-state index contributed by atoms with van der Waals surface area (Å²) < 4.78 is 32.5. The highest BCUT2D eigenvalue weighted by Crippen LogP contribution is 2.33. The lowest BCUT2D eigenvalue weighted by atomic mass is 10.1. The maximum absolute atomic E-state index is 12.7. The first-order valence-corrected chi connectivity index (χ1v) is 8.73. The second-order valence-electron chi connectivity index (χ2n) is 5.43.